The Balaban J connectivity index is 1.64. The van der Waals surface area contributed by atoms with E-state index in [0.29, 0.717) is 0 Å². The molecule has 2 aromatic rings. The molecule has 4 nitrogen and oxygen atoms in total. The molecule has 0 radical (unpaired) electrons. The van der Waals surface area contributed by atoms with E-state index >= 15 is 0 Å². The predicted octanol–water partition coefficient (Wildman–Crippen LogP) is 3.17. The number of hydrazine groups is 1. The Morgan fingerprint density at radius 3 is 1.71 bits per heavy atom. The standard InChI is InChI=1S/C17H17FN2O2S2/c1-12-2-6-14(7-3-12)23-10-16(21)19-20-17(22)11-24-15-8-4-13(18)5-9-15/h2-9H,10-11H2,1H3,(H,19,21)(H,20,22). The minimum Gasteiger partial charge on any atom is -0.272 e. The van der Waals surface area contributed by atoms with Crippen molar-refractivity contribution in [2.24, 2.45) is 0 Å². The molecule has 0 aromatic heterocycles. The van der Waals surface area contributed by atoms with Crippen molar-refractivity contribution in [1.29, 1.82) is 0 Å². The molecule has 126 valence electrons. The Bertz CT molecular complexity index is 629. The first-order valence-electron chi connectivity index (χ1n) is 7.18. The summed E-state index contributed by atoms with van der Waals surface area (Å²) < 4.78 is 12.8. The van der Waals surface area contributed by atoms with Crippen molar-refractivity contribution in [2.45, 2.75) is 16.7 Å². The maximum absolute atomic E-state index is 12.8. The lowest BCUT2D eigenvalue weighted by molar-refractivity contribution is -0.126. The Morgan fingerprint density at radius 1 is 0.833 bits per heavy atom. The van der Waals surface area contributed by atoms with E-state index in [9.17, 15) is 14.0 Å². The van der Waals surface area contributed by atoms with Crippen molar-refractivity contribution in [3.63, 3.8) is 0 Å². The second-order valence-corrected chi connectivity index (χ2v) is 7.04. The molecule has 7 heteroatoms. The number of rotatable bonds is 6. The van der Waals surface area contributed by atoms with Crippen molar-refractivity contribution in [2.75, 3.05) is 11.5 Å². The summed E-state index contributed by atoms with van der Waals surface area (Å²) >= 11 is 2.66. The summed E-state index contributed by atoms with van der Waals surface area (Å²) in [6, 6.07) is 13.7. The van der Waals surface area contributed by atoms with Gasteiger partial charge in [-0.3, -0.25) is 20.4 Å². The van der Waals surface area contributed by atoms with E-state index in [2.05, 4.69) is 10.9 Å². The number of halogens is 1. The molecule has 2 N–H and O–H groups in total. The molecule has 0 spiro atoms. The molecule has 0 saturated heterocycles. The van der Waals surface area contributed by atoms with Crippen LogP contribution in [0.1, 0.15) is 5.56 Å². The third-order valence-corrected chi connectivity index (χ3v) is 4.94. The minimum absolute atomic E-state index is 0.136. The van der Waals surface area contributed by atoms with Gasteiger partial charge in [0.25, 0.3) is 0 Å². The normalized spacial score (nSPS) is 10.2. The summed E-state index contributed by atoms with van der Waals surface area (Å²) in [5, 5.41) is 0. The molecule has 0 unspecified atom stereocenters. The number of benzene rings is 2. The highest BCUT2D eigenvalue weighted by Crippen LogP contribution is 2.18. The zero-order valence-corrected chi connectivity index (χ0v) is 14.7. The van der Waals surface area contributed by atoms with Crippen molar-refractivity contribution in [1.82, 2.24) is 10.9 Å². The Kier molecular flexibility index (Phi) is 7.14. The second kappa shape index (κ2) is 9.34. The van der Waals surface area contributed by atoms with Crippen LogP contribution in [0.25, 0.3) is 0 Å². The molecule has 0 aliphatic carbocycles. The molecular formula is C17H17FN2O2S2. The average molecular weight is 364 g/mol. The lowest BCUT2D eigenvalue weighted by atomic mass is 10.2. The summed E-state index contributed by atoms with van der Waals surface area (Å²) in [6.45, 7) is 2.00. The van der Waals surface area contributed by atoms with Gasteiger partial charge in [0.2, 0.25) is 11.8 Å². The highest BCUT2D eigenvalue weighted by Gasteiger charge is 2.06. The maximum atomic E-state index is 12.8. The van der Waals surface area contributed by atoms with Crippen LogP contribution in [0, 0.1) is 12.7 Å². The molecule has 0 fully saturated rings. The average Bonchev–Trinajstić information content (AvgIpc) is 2.59. The number of hydrogen-bond donors (Lipinski definition) is 2. The van der Waals surface area contributed by atoms with Crippen LogP contribution in [0.3, 0.4) is 0 Å². The second-order valence-electron chi connectivity index (χ2n) is 4.94. The zero-order chi connectivity index (χ0) is 17.4. The van der Waals surface area contributed by atoms with Crippen LogP contribution in [0.5, 0.6) is 0 Å². The van der Waals surface area contributed by atoms with Crippen molar-refractivity contribution < 1.29 is 14.0 Å². The summed E-state index contributed by atoms with van der Waals surface area (Å²) in [4.78, 5) is 25.2. The number of carbonyl (C=O) groups is 2. The molecule has 2 amide bonds. The van der Waals surface area contributed by atoms with E-state index in [-0.39, 0.29) is 29.1 Å². The monoisotopic (exact) mass is 364 g/mol. The topological polar surface area (TPSA) is 58.2 Å². The SMILES string of the molecule is Cc1ccc(SCC(=O)NNC(=O)CSc2ccc(F)cc2)cc1. The summed E-state index contributed by atoms with van der Waals surface area (Å²) in [5.41, 5.74) is 5.90. The molecule has 0 bridgehead atoms. The fraction of sp³-hybridized carbons (Fsp3) is 0.176. The van der Waals surface area contributed by atoms with Gasteiger partial charge in [-0.05, 0) is 43.3 Å². The zero-order valence-electron chi connectivity index (χ0n) is 13.0. The minimum atomic E-state index is -0.321. The van der Waals surface area contributed by atoms with Gasteiger partial charge in [-0.1, -0.05) is 17.7 Å². The van der Waals surface area contributed by atoms with Gasteiger partial charge in [-0.25, -0.2) is 4.39 Å². The number of amides is 2. The molecule has 0 aliphatic rings. The summed E-state index contributed by atoms with van der Waals surface area (Å²) in [6.07, 6.45) is 0. The van der Waals surface area contributed by atoms with E-state index in [1.54, 1.807) is 12.1 Å². The van der Waals surface area contributed by atoms with Gasteiger partial charge in [0.1, 0.15) is 5.82 Å². The van der Waals surface area contributed by atoms with E-state index in [1.807, 2.05) is 31.2 Å². The van der Waals surface area contributed by atoms with Gasteiger partial charge < -0.3 is 0 Å². The molecular weight excluding hydrogens is 347 g/mol. The van der Waals surface area contributed by atoms with Gasteiger partial charge in [0.05, 0.1) is 11.5 Å². The first kappa shape index (κ1) is 18.4. The molecule has 0 heterocycles. The lowest BCUT2D eigenvalue weighted by Gasteiger charge is -2.07. The Morgan fingerprint density at radius 2 is 1.25 bits per heavy atom. The van der Waals surface area contributed by atoms with Crippen LogP contribution in [-0.2, 0) is 9.59 Å². The molecule has 2 rings (SSSR count). The predicted molar refractivity (Wildman–Crippen MR) is 95.3 cm³/mol. The van der Waals surface area contributed by atoms with Gasteiger partial charge >= 0.3 is 0 Å². The van der Waals surface area contributed by atoms with Gasteiger partial charge in [0, 0.05) is 9.79 Å². The Labute approximate surface area is 148 Å². The maximum Gasteiger partial charge on any atom is 0.248 e. The van der Waals surface area contributed by atoms with Gasteiger partial charge in [-0.2, -0.15) is 0 Å². The number of thioether (sulfide) groups is 2. The van der Waals surface area contributed by atoms with Crippen molar-refractivity contribution in [3.8, 4) is 0 Å². The third-order valence-electron chi connectivity index (χ3n) is 2.92. The number of carbonyl (C=O) groups excluding carboxylic acids is 2. The first-order chi connectivity index (χ1) is 11.5. The molecule has 24 heavy (non-hydrogen) atoms. The van der Waals surface area contributed by atoms with Gasteiger partial charge in [-0.15, -0.1) is 23.5 Å². The largest absolute Gasteiger partial charge is 0.272 e. The highest BCUT2D eigenvalue weighted by atomic mass is 32.2. The van der Waals surface area contributed by atoms with E-state index < -0.39 is 0 Å². The van der Waals surface area contributed by atoms with Crippen LogP contribution in [0.4, 0.5) is 4.39 Å². The van der Waals surface area contributed by atoms with Crippen molar-refractivity contribution >= 4 is 35.3 Å². The fourth-order valence-electron chi connectivity index (χ4n) is 1.67. The lowest BCUT2D eigenvalue weighted by Crippen LogP contribution is -2.43. The fourth-order valence-corrected chi connectivity index (χ4v) is 3.07. The Hall–Kier alpha value is -1.99. The van der Waals surface area contributed by atoms with Crippen LogP contribution in [-0.4, -0.2) is 23.3 Å². The number of nitrogens with one attached hydrogen (secondary N) is 2. The van der Waals surface area contributed by atoms with Gasteiger partial charge in [0.15, 0.2) is 0 Å². The number of hydrogen-bond acceptors (Lipinski definition) is 4. The number of aryl methyl sites for hydroxylation is 1. The quantitative estimate of drug-likeness (QED) is 0.611. The van der Waals surface area contributed by atoms with E-state index in [1.165, 1.54) is 35.7 Å². The highest BCUT2D eigenvalue weighted by molar-refractivity contribution is 8.00. The first-order valence-corrected chi connectivity index (χ1v) is 9.15. The van der Waals surface area contributed by atoms with E-state index in [0.717, 1.165) is 15.4 Å². The van der Waals surface area contributed by atoms with E-state index in [4.69, 9.17) is 0 Å². The van der Waals surface area contributed by atoms with Crippen LogP contribution in [0.15, 0.2) is 58.3 Å². The molecule has 2 aromatic carbocycles. The van der Waals surface area contributed by atoms with Crippen LogP contribution in [0.2, 0.25) is 0 Å². The molecule has 0 atom stereocenters. The van der Waals surface area contributed by atoms with Crippen molar-refractivity contribution in [3.05, 3.63) is 59.9 Å². The molecule has 0 aliphatic heterocycles. The third kappa shape index (κ3) is 6.64. The smallest absolute Gasteiger partial charge is 0.248 e. The van der Waals surface area contributed by atoms with Crippen LogP contribution >= 0.6 is 23.5 Å². The molecule has 0 saturated carbocycles. The van der Waals surface area contributed by atoms with Crippen LogP contribution < -0.4 is 10.9 Å². The summed E-state index contributed by atoms with van der Waals surface area (Å²) in [5.74, 6) is -0.563. The summed E-state index contributed by atoms with van der Waals surface area (Å²) in [7, 11) is 0.